The van der Waals surface area contributed by atoms with E-state index in [0.29, 0.717) is 12.6 Å². The van der Waals surface area contributed by atoms with Crippen molar-refractivity contribution < 1.29 is 5.11 Å². The summed E-state index contributed by atoms with van der Waals surface area (Å²) in [5.41, 5.74) is 0.289. The van der Waals surface area contributed by atoms with Gasteiger partial charge in [-0.2, -0.15) is 0 Å². The van der Waals surface area contributed by atoms with Gasteiger partial charge in [-0.3, -0.25) is 0 Å². The van der Waals surface area contributed by atoms with Gasteiger partial charge in [-0.25, -0.2) is 0 Å². The zero-order valence-corrected chi connectivity index (χ0v) is 12.7. The predicted octanol–water partition coefficient (Wildman–Crippen LogP) is 2.10. The van der Waals surface area contributed by atoms with Crippen LogP contribution in [0, 0.1) is 11.3 Å². The van der Waals surface area contributed by atoms with E-state index in [1.165, 1.54) is 25.9 Å². The minimum atomic E-state index is 0.289. The number of hydrogen-bond acceptors (Lipinski definition) is 3. The maximum atomic E-state index is 8.91. The van der Waals surface area contributed by atoms with Gasteiger partial charge in [0.1, 0.15) is 0 Å². The van der Waals surface area contributed by atoms with Crippen molar-refractivity contribution in [3.8, 4) is 0 Å². The number of piperidine rings is 1. The Morgan fingerprint density at radius 2 is 2.17 bits per heavy atom. The molecule has 2 atom stereocenters. The normalized spacial score (nSPS) is 24.2. The fourth-order valence-electron chi connectivity index (χ4n) is 2.86. The van der Waals surface area contributed by atoms with Crippen molar-refractivity contribution in [1.29, 1.82) is 0 Å². The van der Waals surface area contributed by atoms with Gasteiger partial charge in [-0.15, -0.1) is 0 Å². The molecule has 2 N–H and O–H groups in total. The quantitative estimate of drug-likeness (QED) is 0.732. The van der Waals surface area contributed by atoms with Crippen molar-refractivity contribution in [3.05, 3.63) is 0 Å². The molecule has 0 amide bonds. The average Bonchev–Trinajstić information content (AvgIpc) is 2.34. The number of hydrogen-bond donors (Lipinski definition) is 2. The third kappa shape index (κ3) is 5.68. The van der Waals surface area contributed by atoms with E-state index in [0.717, 1.165) is 25.3 Å². The molecule has 2 unspecified atom stereocenters. The summed E-state index contributed by atoms with van der Waals surface area (Å²) in [7, 11) is 2.23. The summed E-state index contributed by atoms with van der Waals surface area (Å²) in [5.74, 6) is 0.789. The van der Waals surface area contributed by atoms with Crippen LogP contribution < -0.4 is 5.32 Å². The van der Waals surface area contributed by atoms with Crippen LogP contribution in [0.15, 0.2) is 0 Å². The molecule has 1 aliphatic rings. The van der Waals surface area contributed by atoms with Crippen LogP contribution in [0.1, 0.15) is 46.5 Å². The molecule has 3 heteroatoms. The van der Waals surface area contributed by atoms with Gasteiger partial charge in [-0.05, 0) is 57.5 Å². The van der Waals surface area contributed by atoms with Gasteiger partial charge in [0.15, 0.2) is 0 Å². The lowest BCUT2D eigenvalue weighted by atomic mass is 9.86. The van der Waals surface area contributed by atoms with E-state index < -0.39 is 0 Å². The highest BCUT2D eigenvalue weighted by atomic mass is 16.2. The van der Waals surface area contributed by atoms with Crippen molar-refractivity contribution in [2.24, 2.45) is 11.3 Å². The molecule has 1 rings (SSSR count). The number of likely N-dealkylation sites (tertiary alicyclic amines) is 1. The Morgan fingerprint density at radius 1 is 1.44 bits per heavy atom. The first-order valence-electron chi connectivity index (χ1n) is 7.47. The van der Waals surface area contributed by atoms with Crippen LogP contribution in [0.5, 0.6) is 0 Å². The van der Waals surface area contributed by atoms with E-state index in [9.17, 15) is 0 Å². The first-order valence-corrected chi connectivity index (χ1v) is 7.47. The second kappa shape index (κ2) is 7.46. The summed E-state index contributed by atoms with van der Waals surface area (Å²) >= 11 is 0. The highest BCUT2D eigenvalue weighted by Crippen LogP contribution is 2.23. The van der Waals surface area contributed by atoms with Crippen LogP contribution in [0.4, 0.5) is 0 Å². The van der Waals surface area contributed by atoms with Crippen molar-refractivity contribution in [2.75, 3.05) is 33.3 Å². The Kier molecular flexibility index (Phi) is 6.61. The lowest BCUT2D eigenvalue weighted by Gasteiger charge is -2.35. The molecule has 0 aromatic rings. The van der Waals surface area contributed by atoms with E-state index in [-0.39, 0.29) is 5.41 Å². The summed E-state index contributed by atoms with van der Waals surface area (Å²) in [4.78, 5) is 2.45. The molecular formula is C15H32N2O. The predicted molar refractivity (Wildman–Crippen MR) is 77.8 cm³/mol. The minimum Gasteiger partial charge on any atom is -0.396 e. The molecule has 0 radical (unpaired) electrons. The Bertz CT molecular complexity index is 231. The molecule has 1 saturated heterocycles. The van der Waals surface area contributed by atoms with Crippen LogP contribution in [0.3, 0.4) is 0 Å². The highest BCUT2D eigenvalue weighted by Gasteiger charge is 2.24. The molecule has 0 aromatic carbocycles. The van der Waals surface area contributed by atoms with Gasteiger partial charge in [0.25, 0.3) is 0 Å². The van der Waals surface area contributed by atoms with Crippen molar-refractivity contribution in [1.82, 2.24) is 10.2 Å². The minimum absolute atomic E-state index is 0.289. The zero-order chi connectivity index (χ0) is 13.6. The lowest BCUT2D eigenvalue weighted by Crippen LogP contribution is -2.45. The van der Waals surface area contributed by atoms with Gasteiger partial charge in [0.2, 0.25) is 0 Å². The maximum absolute atomic E-state index is 8.91. The first kappa shape index (κ1) is 15.9. The van der Waals surface area contributed by atoms with Crippen molar-refractivity contribution in [2.45, 2.75) is 52.5 Å². The Balaban J connectivity index is 2.28. The highest BCUT2D eigenvalue weighted by molar-refractivity contribution is 4.81. The Labute approximate surface area is 113 Å². The third-order valence-corrected chi connectivity index (χ3v) is 4.28. The fraction of sp³-hybridized carbons (Fsp3) is 1.00. The third-order valence-electron chi connectivity index (χ3n) is 4.28. The summed E-state index contributed by atoms with van der Waals surface area (Å²) in [6.07, 6.45) is 4.69. The number of aliphatic hydroxyl groups excluding tert-OH is 1. The van der Waals surface area contributed by atoms with Crippen LogP contribution in [0.2, 0.25) is 0 Å². The molecule has 0 spiro atoms. The number of nitrogens with one attached hydrogen (secondary N) is 1. The van der Waals surface area contributed by atoms with E-state index in [4.69, 9.17) is 5.11 Å². The van der Waals surface area contributed by atoms with Gasteiger partial charge in [0, 0.05) is 25.7 Å². The monoisotopic (exact) mass is 256 g/mol. The van der Waals surface area contributed by atoms with Crippen molar-refractivity contribution in [3.63, 3.8) is 0 Å². The van der Waals surface area contributed by atoms with Crippen molar-refractivity contribution >= 4 is 0 Å². The number of aliphatic hydroxyl groups is 1. The van der Waals surface area contributed by atoms with E-state index in [2.05, 4.69) is 38.0 Å². The fourth-order valence-corrected chi connectivity index (χ4v) is 2.86. The number of rotatable bonds is 7. The second-order valence-corrected chi connectivity index (χ2v) is 6.83. The van der Waals surface area contributed by atoms with Crippen LogP contribution >= 0.6 is 0 Å². The van der Waals surface area contributed by atoms with E-state index in [1.54, 1.807) is 0 Å². The topological polar surface area (TPSA) is 35.5 Å². The standard InChI is InChI=1S/C15H32N2O/c1-13(14-7-5-9-17(4)11-14)16-12-15(2,3)8-6-10-18/h13-14,16,18H,5-12H2,1-4H3. The summed E-state index contributed by atoms with van der Waals surface area (Å²) < 4.78 is 0. The Morgan fingerprint density at radius 3 is 2.78 bits per heavy atom. The molecule has 0 saturated carbocycles. The average molecular weight is 256 g/mol. The largest absolute Gasteiger partial charge is 0.396 e. The van der Waals surface area contributed by atoms with Gasteiger partial charge in [0.05, 0.1) is 0 Å². The van der Waals surface area contributed by atoms with E-state index in [1.807, 2.05) is 0 Å². The summed E-state index contributed by atoms with van der Waals surface area (Å²) in [5, 5.41) is 12.6. The Hall–Kier alpha value is -0.120. The molecule has 1 fully saturated rings. The summed E-state index contributed by atoms with van der Waals surface area (Å²) in [6, 6.07) is 0.598. The molecular weight excluding hydrogens is 224 g/mol. The van der Waals surface area contributed by atoms with E-state index >= 15 is 0 Å². The SMILES string of the molecule is CC(NCC(C)(C)CCCO)C1CCCN(C)C1. The summed E-state index contributed by atoms with van der Waals surface area (Å²) in [6.45, 7) is 10.7. The molecule has 18 heavy (non-hydrogen) atoms. The number of nitrogens with zero attached hydrogens (tertiary/aromatic N) is 1. The smallest absolute Gasteiger partial charge is 0.0431 e. The molecule has 3 nitrogen and oxygen atoms in total. The van der Waals surface area contributed by atoms with Gasteiger partial charge in [-0.1, -0.05) is 13.8 Å². The van der Waals surface area contributed by atoms with Crippen LogP contribution in [-0.4, -0.2) is 49.3 Å². The van der Waals surface area contributed by atoms with Gasteiger partial charge >= 0.3 is 0 Å². The molecule has 0 aromatic heterocycles. The van der Waals surface area contributed by atoms with Crippen LogP contribution in [-0.2, 0) is 0 Å². The molecule has 0 bridgehead atoms. The van der Waals surface area contributed by atoms with Gasteiger partial charge < -0.3 is 15.3 Å². The lowest BCUT2D eigenvalue weighted by molar-refractivity contribution is 0.167. The van der Waals surface area contributed by atoms with Crippen LogP contribution in [0.25, 0.3) is 0 Å². The first-order chi connectivity index (χ1) is 8.44. The zero-order valence-electron chi connectivity index (χ0n) is 12.7. The molecule has 0 aliphatic carbocycles. The molecule has 108 valence electrons. The second-order valence-electron chi connectivity index (χ2n) is 6.83. The molecule has 1 aliphatic heterocycles. The molecule has 1 heterocycles. The maximum Gasteiger partial charge on any atom is 0.0431 e.